The molecule has 1 amide bonds. The summed E-state index contributed by atoms with van der Waals surface area (Å²) >= 11 is 1.79. The first-order chi connectivity index (χ1) is 10.3. The number of nitrogens with zero attached hydrogens (tertiary/aromatic N) is 2. The minimum atomic E-state index is 0.327. The molecule has 0 aromatic carbocycles. The third-order valence-electron chi connectivity index (χ3n) is 5.50. The smallest absolute Gasteiger partial charge is 0.226 e. The van der Waals surface area contributed by atoms with Crippen LogP contribution in [0.3, 0.4) is 0 Å². The van der Waals surface area contributed by atoms with Gasteiger partial charge in [-0.05, 0) is 55.3 Å². The van der Waals surface area contributed by atoms with E-state index in [-0.39, 0.29) is 0 Å². The Hall–Kier alpha value is -1.07. The summed E-state index contributed by atoms with van der Waals surface area (Å²) in [6.07, 6.45) is 3.52. The molecule has 1 aromatic heterocycles. The minimum Gasteiger partial charge on any atom is -0.360 e. The lowest BCUT2D eigenvalue weighted by Crippen LogP contribution is -2.49. The predicted octanol–water partition coefficient (Wildman–Crippen LogP) is 1.79. The van der Waals surface area contributed by atoms with Crippen molar-refractivity contribution in [3.63, 3.8) is 0 Å². The molecule has 21 heavy (non-hydrogen) atoms. The normalized spacial score (nSPS) is 27.9. The zero-order chi connectivity index (χ0) is 14.3. The van der Waals surface area contributed by atoms with Crippen LogP contribution in [0.5, 0.6) is 0 Å². The Morgan fingerprint density at radius 2 is 2.00 bits per heavy atom. The molecular weight excluding hydrogens is 282 g/mol. The van der Waals surface area contributed by atoms with E-state index in [9.17, 15) is 4.79 Å². The number of anilines is 1. The molecule has 1 unspecified atom stereocenters. The maximum atomic E-state index is 12.7. The van der Waals surface area contributed by atoms with Crippen molar-refractivity contribution in [1.29, 1.82) is 0 Å². The zero-order valence-corrected chi connectivity index (χ0v) is 13.2. The lowest BCUT2D eigenvalue weighted by molar-refractivity contribution is -0.133. The molecule has 114 valence electrons. The van der Waals surface area contributed by atoms with E-state index in [1.165, 1.54) is 17.8 Å². The van der Waals surface area contributed by atoms with Gasteiger partial charge >= 0.3 is 0 Å². The number of carbonyl (C=O) groups is 1. The highest BCUT2D eigenvalue weighted by Crippen LogP contribution is 2.59. The minimum absolute atomic E-state index is 0.327. The van der Waals surface area contributed by atoms with Gasteiger partial charge in [0.05, 0.1) is 5.00 Å². The van der Waals surface area contributed by atoms with Crippen molar-refractivity contribution in [2.75, 3.05) is 44.2 Å². The van der Waals surface area contributed by atoms with Crippen molar-refractivity contribution in [1.82, 2.24) is 10.2 Å². The van der Waals surface area contributed by atoms with E-state index in [1.807, 2.05) is 0 Å². The number of amides is 1. The molecule has 3 heterocycles. The van der Waals surface area contributed by atoms with Crippen molar-refractivity contribution < 1.29 is 4.79 Å². The highest BCUT2D eigenvalue weighted by atomic mass is 32.1. The van der Waals surface area contributed by atoms with Crippen molar-refractivity contribution in [2.45, 2.75) is 19.3 Å². The summed E-state index contributed by atoms with van der Waals surface area (Å²) in [7, 11) is 0. The molecule has 1 N–H and O–H groups in total. The van der Waals surface area contributed by atoms with Gasteiger partial charge in [0, 0.05) is 32.1 Å². The monoisotopic (exact) mass is 305 g/mol. The van der Waals surface area contributed by atoms with E-state index in [0.29, 0.717) is 17.2 Å². The average molecular weight is 305 g/mol. The Morgan fingerprint density at radius 1 is 1.24 bits per heavy atom. The summed E-state index contributed by atoms with van der Waals surface area (Å²) < 4.78 is 0. The van der Waals surface area contributed by atoms with Crippen LogP contribution in [0.25, 0.3) is 0 Å². The topological polar surface area (TPSA) is 35.6 Å². The van der Waals surface area contributed by atoms with Crippen LogP contribution >= 0.6 is 11.3 Å². The highest BCUT2D eigenvalue weighted by molar-refractivity contribution is 7.14. The molecule has 1 spiro atoms. The Kier molecular flexibility index (Phi) is 3.42. The summed E-state index contributed by atoms with van der Waals surface area (Å²) in [4.78, 5) is 17.2. The molecule has 0 bridgehead atoms. The van der Waals surface area contributed by atoms with Crippen LogP contribution in [-0.2, 0) is 4.79 Å². The van der Waals surface area contributed by atoms with E-state index in [0.717, 1.165) is 45.7 Å². The lowest BCUT2D eigenvalue weighted by atomic mass is 9.91. The van der Waals surface area contributed by atoms with Crippen molar-refractivity contribution >= 4 is 22.2 Å². The van der Waals surface area contributed by atoms with Gasteiger partial charge in [-0.1, -0.05) is 0 Å². The van der Waals surface area contributed by atoms with Crippen molar-refractivity contribution in [3.05, 3.63) is 17.5 Å². The summed E-state index contributed by atoms with van der Waals surface area (Å²) in [5.74, 6) is 0.760. The molecule has 1 saturated carbocycles. The van der Waals surface area contributed by atoms with Crippen molar-refractivity contribution in [3.8, 4) is 0 Å². The number of hydrogen-bond donors (Lipinski definition) is 1. The molecule has 4 rings (SSSR count). The van der Waals surface area contributed by atoms with E-state index in [4.69, 9.17) is 0 Å². The molecule has 2 saturated heterocycles. The average Bonchev–Trinajstić information content (AvgIpc) is 2.99. The summed E-state index contributed by atoms with van der Waals surface area (Å²) in [5, 5.41) is 6.87. The fraction of sp³-hybridized carbons (Fsp3) is 0.688. The van der Waals surface area contributed by atoms with Crippen LogP contribution in [0.1, 0.15) is 19.3 Å². The van der Waals surface area contributed by atoms with Gasteiger partial charge in [0.25, 0.3) is 0 Å². The number of piperazine rings is 1. The molecule has 3 aliphatic rings. The van der Waals surface area contributed by atoms with Gasteiger partial charge in [0.15, 0.2) is 0 Å². The zero-order valence-electron chi connectivity index (χ0n) is 12.4. The Bertz CT molecular complexity index is 502. The third kappa shape index (κ3) is 2.46. The van der Waals surface area contributed by atoms with Crippen LogP contribution in [0, 0.1) is 11.3 Å². The Labute approximate surface area is 130 Å². The van der Waals surface area contributed by atoms with Gasteiger partial charge < -0.3 is 15.1 Å². The van der Waals surface area contributed by atoms with Gasteiger partial charge in [-0.25, -0.2) is 0 Å². The second-order valence-electron chi connectivity index (χ2n) is 6.63. The van der Waals surface area contributed by atoms with E-state index in [2.05, 4.69) is 32.6 Å². The second kappa shape index (κ2) is 5.29. The van der Waals surface area contributed by atoms with Crippen LogP contribution < -0.4 is 10.2 Å². The molecule has 3 fully saturated rings. The standard InChI is InChI=1S/C16H23N3OS/c20-15(13-12-16(13)3-5-17-6-4-16)19-9-7-18(8-10-19)14-2-1-11-21-14/h1-2,11,13,17H,3-10,12H2. The number of carbonyl (C=O) groups excluding carboxylic acids is 1. The summed E-state index contributed by atoms with van der Waals surface area (Å²) in [5.41, 5.74) is 0.368. The van der Waals surface area contributed by atoms with Gasteiger partial charge in [0.1, 0.15) is 0 Å². The number of hydrogen-bond acceptors (Lipinski definition) is 4. The molecule has 1 atom stereocenters. The molecule has 0 radical (unpaired) electrons. The number of rotatable bonds is 2. The quantitative estimate of drug-likeness (QED) is 0.905. The van der Waals surface area contributed by atoms with Crippen LogP contribution in [0.15, 0.2) is 17.5 Å². The second-order valence-corrected chi connectivity index (χ2v) is 7.56. The Morgan fingerprint density at radius 3 is 2.67 bits per heavy atom. The number of nitrogens with one attached hydrogen (secondary N) is 1. The first-order valence-corrected chi connectivity index (χ1v) is 8.94. The SMILES string of the molecule is O=C(C1CC12CCNCC2)N1CCN(c2cccs2)CC1. The number of piperidine rings is 1. The van der Waals surface area contributed by atoms with Gasteiger partial charge in [0.2, 0.25) is 5.91 Å². The summed E-state index contributed by atoms with van der Waals surface area (Å²) in [6.45, 7) is 5.93. The van der Waals surface area contributed by atoms with Crippen LogP contribution in [-0.4, -0.2) is 50.1 Å². The molecule has 1 aliphatic carbocycles. The fourth-order valence-electron chi connectivity index (χ4n) is 3.99. The van der Waals surface area contributed by atoms with Gasteiger partial charge in [-0.15, -0.1) is 11.3 Å². The maximum Gasteiger partial charge on any atom is 0.226 e. The van der Waals surface area contributed by atoms with Gasteiger partial charge in [-0.2, -0.15) is 0 Å². The van der Waals surface area contributed by atoms with E-state index >= 15 is 0 Å². The highest BCUT2D eigenvalue weighted by Gasteiger charge is 2.58. The number of thiophene rings is 1. The van der Waals surface area contributed by atoms with E-state index < -0.39 is 0 Å². The largest absolute Gasteiger partial charge is 0.360 e. The van der Waals surface area contributed by atoms with Crippen molar-refractivity contribution in [2.24, 2.45) is 11.3 Å². The van der Waals surface area contributed by atoms with Crippen LogP contribution in [0.4, 0.5) is 5.00 Å². The molecule has 2 aliphatic heterocycles. The fourth-order valence-corrected chi connectivity index (χ4v) is 4.78. The lowest BCUT2D eigenvalue weighted by Gasteiger charge is -2.36. The maximum absolute atomic E-state index is 12.7. The molecular formula is C16H23N3OS. The van der Waals surface area contributed by atoms with E-state index in [1.54, 1.807) is 11.3 Å². The van der Waals surface area contributed by atoms with Gasteiger partial charge in [-0.3, -0.25) is 4.79 Å². The predicted molar refractivity (Wildman–Crippen MR) is 85.8 cm³/mol. The first kappa shape index (κ1) is 13.6. The summed E-state index contributed by atoms with van der Waals surface area (Å²) in [6, 6.07) is 4.27. The third-order valence-corrected chi connectivity index (χ3v) is 6.43. The van der Waals surface area contributed by atoms with Crippen LogP contribution in [0.2, 0.25) is 0 Å². The molecule has 1 aromatic rings. The molecule has 5 heteroatoms. The molecule has 4 nitrogen and oxygen atoms in total. The first-order valence-electron chi connectivity index (χ1n) is 8.06. The Balaban J connectivity index is 1.33.